The summed E-state index contributed by atoms with van der Waals surface area (Å²) in [4.78, 5) is 0. The number of benzene rings is 4. The van der Waals surface area contributed by atoms with Crippen LogP contribution in [0.25, 0.3) is 55.4 Å². The Bertz CT molecular complexity index is 1780. The third-order valence-corrected chi connectivity index (χ3v) is 6.71. The number of aromatic nitrogens is 2. The molecule has 7 rings (SSSR count). The number of hydrogen-bond donors (Lipinski definition) is 0. The van der Waals surface area contributed by atoms with Crippen molar-refractivity contribution in [2.24, 2.45) is 0 Å². The predicted molar refractivity (Wildman–Crippen MR) is 143 cm³/mol. The van der Waals surface area contributed by atoms with Crippen molar-refractivity contribution in [3.8, 4) is 28.1 Å². The van der Waals surface area contributed by atoms with Crippen molar-refractivity contribution in [2.45, 2.75) is 0 Å². The summed E-state index contributed by atoms with van der Waals surface area (Å²) in [5, 5.41) is 2.56. The van der Waals surface area contributed by atoms with Gasteiger partial charge >= 0.3 is 0 Å². The molecule has 0 atom stereocenters. The number of rotatable bonds is 3. The zero-order valence-electron chi connectivity index (χ0n) is 18.6. The van der Waals surface area contributed by atoms with E-state index in [0.29, 0.717) is 0 Å². The summed E-state index contributed by atoms with van der Waals surface area (Å²) in [7, 11) is 0. The van der Waals surface area contributed by atoms with Crippen molar-refractivity contribution in [1.82, 2.24) is 8.97 Å². The molecule has 0 spiro atoms. The Morgan fingerprint density at radius 3 is 1.97 bits per heavy atom. The molecule has 3 heterocycles. The molecular formula is C32H22N2. The Morgan fingerprint density at radius 2 is 1.12 bits per heavy atom. The topological polar surface area (TPSA) is 9.34 Å². The zero-order chi connectivity index (χ0) is 22.5. The van der Waals surface area contributed by atoms with Gasteiger partial charge in [0.05, 0.1) is 22.2 Å². The van der Waals surface area contributed by atoms with Gasteiger partial charge < -0.3 is 8.97 Å². The first-order valence-corrected chi connectivity index (χ1v) is 11.6. The highest BCUT2D eigenvalue weighted by Crippen LogP contribution is 2.42. The maximum absolute atomic E-state index is 2.41. The maximum Gasteiger partial charge on any atom is 0.0803 e. The monoisotopic (exact) mass is 434 g/mol. The second-order valence-corrected chi connectivity index (χ2v) is 8.66. The SMILES string of the molecule is c1ccc(-c2cccc(-c3c4c5ccccc5n(-c5ccccc5)c4c4ccccn34)c2)cc1. The van der Waals surface area contributed by atoms with E-state index >= 15 is 0 Å². The lowest BCUT2D eigenvalue weighted by Crippen LogP contribution is -1.94. The predicted octanol–water partition coefficient (Wildman–Crippen LogP) is 8.37. The fourth-order valence-corrected chi connectivity index (χ4v) is 5.28. The molecule has 0 fully saturated rings. The summed E-state index contributed by atoms with van der Waals surface area (Å²) < 4.78 is 4.76. The molecule has 34 heavy (non-hydrogen) atoms. The van der Waals surface area contributed by atoms with Gasteiger partial charge in [-0.2, -0.15) is 0 Å². The van der Waals surface area contributed by atoms with Gasteiger partial charge in [-0.05, 0) is 53.1 Å². The van der Waals surface area contributed by atoms with Crippen LogP contribution in [-0.2, 0) is 0 Å². The van der Waals surface area contributed by atoms with Crippen LogP contribution in [0.15, 0.2) is 134 Å². The molecule has 4 aromatic carbocycles. The van der Waals surface area contributed by atoms with Crippen molar-refractivity contribution < 1.29 is 0 Å². The van der Waals surface area contributed by atoms with Gasteiger partial charge in [0.25, 0.3) is 0 Å². The minimum Gasteiger partial charge on any atom is -0.314 e. The molecule has 160 valence electrons. The van der Waals surface area contributed by atoms with Crippen molar-refractivity contribution in [1.29, 1.82) is 0 Å². The van der Waals surface area contributed by atoms with Gasteiger partial charge in [0.1, 0.15) is 0 Å². The highest BCUT2D eigenvalue weighted by molar-refractivity contribution is 6.21. The molecule has 2 heteroatoms. The molecule has 0 radical (unpaired) electrons. The fraction of sp³-hybridized carbons (Fsp3) is 0. The number of hydrogen-bond acceptors (Lipinski definition) is 0. The van der Waals surface area contributed by atoms with Gasteiger partial charge in [0, 0.05) is 22.7 Å². The molecule has 0 N–H and O–H groups in total. The molecule has 0 bridgehead atoms. The molecule has 0 aliphatic heterocycles. The van der Waals surface area contributed by atoms with Crippen LogP contribution in [0.1, 0.15) is 0 Å². The Kier molecular flexibility index (Phi) is 4.18. The molecule has 0 aliphatic rings. The average Bonchev–Trinajstić information content (AvgIpc) is 3.43. The summed E-state index contributed by atoms with van der Waals surface area (Å²) in [5.74, 6) is 0. The number of para-hydroxylation sites is 2. The molecular weight excluding hydrogens is 412 g/mol. The smallest absolute Gasteiger partial charge is 0.0803 e. The second kappa shape index (κ2) is 7.50. The third kappa shape index (κ3) is 2.76. The van der Waals surface area contributed by atoms with Gasteiger partial charge in [-0.1, -0.05) is 91.0 Å². The Morgan fingerprint density at radius 1 is 0.471 bits per heavy atom. The molecule has 0 amide bonds. The molecule has 0 saturated carbocycles. The highest BCUT2D eigenvalue weighted by Gasteiger charge is 2.22. The molecule has 0 aliphatic carbocycles. The van der Waals surface area contributed by atoms with Crippen molar-refractivity contribution >= 4 is 27.3 Å². The summed E-state index contributed by atoms with van der Waals surface area (Å²) in [5.41, 5.74) is 9.76. The third-order valence-electron chi connectivity index (χ3n) is 6.71. The quantitative estimate of drug-likeness (QED) is 0.264. The van der Waals surface area contributed by atoms with E-state index in [4.69, 9.17) is 0 Å². The number of nitrogens with zero attached hydrogens (tertiary/aromatic N) is 2. The van der Waals surface area contributed by atoms with Gasteiger partial charge in [0.15, 0.2) is 0 Å². The number of pyridine rings is 1. The van der Waals surface area contributed by atoms with Crippen LogP contribution in [-0.4, -0.2) is 8.97 Å². The van der Waals surface area contributed by atoms with Crippen LogP contribution in [0.2, 0.25) is 0 Å². The lowest BCUT2D eigenvalue weighted by atomic mass is 10.0. The first kappa shape index (κ1) is 19.0. The largest absolute Gasteiger partial charge is 0.314 e. The summed E-state index contributed by atoms with van der Waals surface area (Å²) in [6.07, 6.45) is 2.18. The van der Waals surface area contributed by atoms with E-state index in [1.807, 2.05) is 0 Å². The van der Waals surface area contributed by atoms with E-state index in [9.17, 15) is 0 Å². The van der Waals surface area contributed by atoms with Crippen LogP contribution in [0.4, 0.5) is 0 Å². The minimum atomic E-state index is 1.18. The first-order valence-electron chi connectivity index (χ1n) is 11.6. The summed E-state index contributed by atoms with van der Waals surface area (Å²) in [6.45, 7) is 0. The van der Waals surface area contributed by atoms with Crippen molar-refractivity contribution in [3.63, 3.8) is 0 Å². The Labute approximate surface area is 198 Å². The number of fused-ring (bicyclic) bond motifs is 5. The van der Waals surface area contributed by atoms with E-state index < -0.39 is 0 Å². The zero-order valence-corrected chi connectivity index (χ0v) is 18.6. The average molecular weight is 435 g/mol. The summed E-state index contributed by atoms with van der Waals surface area (Å²) in [6, 6.07) is 45.4. The van der Waals surface area contributed by atoms with Gasteiger partial charge in [-0.3, -0.25) is 0 Å². The van der Waals surface area contributed by atoms with E-state index in [1.165, 1.54) is 55.4 Å². The van der Waals surface area contributed by atoms with Gasteiger partial charge in [0.2, 0.25) is 0 Å². The second-order valence-electron chi connectivity index (χ2n) is 8.66. The Hall–Kier alpha value is -4.56. The molecule has 3 aromatic heterocycles. The van der Waals surface area contributed by atoms with Gasteiger partial charge in [-0.15, -0.1) is 0 Å². The van der Waals surface area contributed by atoms with E-state index in [0.717, 1.165) is 0 Å². The lowest BCUT2D eigenvalue weighted by molar-refractivity contribution is 1.17. The van der Waals surface area contributed by atoms with Crippen LogP contribution in [0.3, 0.4) is 0 Å². The first-order chi connectivity index (χ1) is 16.9. The van der Waals surface area contributed by atoms with Crippen LogP contribution < -0.4 is 0 Å². The fourth-order valence-electron chi connectivity index (χ4n) is 5.28. The molecule has 0 saturated heterocycles. The molecule has 2 nitrogen and oxygen atoms in total. The van der Waals surface area contributed by atoms with Crippen molar-refractivity contribution in [3.05, 3.63) is 134 Å². The van der Waals surface area contributed by atoms with Crippen LogP contribution in [0, 0.1) is 0 Å². The van der Waals surface area contributed by atoms with E-state index in [1.54, 1.807) is 0 Å². The van der Waals surface area contributed by atoms with E-state index in [2.05, 4.69) is 143 Å². The van der Waals surface area contributed by atoms with Gasteiger partial charge in [-0.25, -0.2) is 0 Å². The standard InChI is InChI=1S/C32H22N2/c1-3-12-23(13-4-1)24-14-11-15-25(22-24)31-30-27-18-7-8-19-28(27)34(26-16-5-2-6-17-26)32(30)29-20-9-10-21-33(29)31/h1-22H. The Balaban J connectivity index is 1.63. The van der Waals surface area contributed by atoms with Crippen molar-refractivity contribution in [2.75, 3.05) is 0 Å². The van der Waals surface area contributed by atoms with Crippen LogP contribution in [0.5, 0.6) is 0 Å². The highest BCUT2D eigenvalue weighted by atomic mass is 15.0. The normalized spacial score (nSPS) is 11.5. The maximum atomic E-state index is 2.41. The molecule has 0 unspecified atom stereocenters. The van der Waals surface area contributed by atoms with E-state index in [-0.39, 0.29) is 0 Å². The molecule has 7 aromatic rings. The lowest BCUT2D eigenvalue weighted by Gasteiger charge is -2.09. The summed E-state index contributed by atoms with van der Waals surface area (Å²) >= 11 is 0. The van der Waals surface area contributed by atoms with Crippen LogP contribution >= 0.6 is 0 Å². The minimum absolute atomic E-state index is 1.18.